The van der Waals surface area contributed by atoms with Crippen molar-refractivity contribution in [3.8, 4) is 11.5 Å². The molecule has 0 radical (unpaired) electrons. The molecule has 114 valence electrons. The second-order valence-electron chi connectivity index (χ2n) is 4.63. The second-order valence-corrected chi connectivity index (χ2v) is 4.63. The van der Waals surface area contributed by atoms with Crippen molar-refractivity contribution in [2.24, 2.45) is 5.73 Å². The summed E-state index contributed by atoms with van der Waals surface area (Å²) in [5, 5.41) is 0. The van der Waals surface area contributed by atoms with Gasteiger partial charge in [0.1, 0.15) is 11.5 Å². The summed E-state index contributed by atoms with van der Waals surface area (Å²) in [6.45, 7) is 1.35. The van der Waals surface area contributed by atoms with Gasteiger partial charge < -0.3 is 15.2 Å². The Morgan fingerprint density at radius 3 is 1.86 bits per heavy atom. The molecule has 4 heteroatoms. The molecule has 0 atom stereocenters. The highest BCUT2D eigenvalue weighted by Gasteiger charge is 1.98. The Morgan fingerprint density at radius 1 is 0.810 bits per heavy atom. The van der Waals surface area contributed by atoms with Crippen LogP contribution in [0.4, 0.5) is 0 Å². The summed E-state index contributed by atoms with van der Waals surface area (Å²) in [5.74, 6) is 1.78. The third-order valence-corrected chi connectivity index (χ3v) is 3.17. The van der Waals surface area contributed by atoms with Crippen LogP contribution in [0.25, 0.3) is 0 Å². The van der Waals surface area contributed by atoms with Crippen molar-refractivity contribution in [2.45, 2.75) is 12.8 Å². The average Bonchev–Trinajstić information content (AvgIpc) is 2.50. The fourth-order valence-corrected chi connectivity index (χ4v) is 2.00. The van der Waals surface area contributed by atoms with E-state index in [1.807, 2.05) is 24.3 Å². The van der Waals surface area contributed by atoms with Gasteiger partial charge in [0.15, 0.2) is 0 Å². The molecule has 0 bridgehead atoms. The lowest BCUT2D eigenvalue weighted by Gasteiger charge is -2.07. The van der Waals surface area contributed by atoms with Crippen molar-refractivity contribution in [1.82, 2.24) is 0 Å². The van der Waals surface area contributed by atoms with Crippen LogP contribution in [0.5, 0.6) is 11.5 Å². The maximum Gasteiger partial charge on any atom is 0.119 e. The molecule has 0 heterocycles. The summed E-state index contributed by atoms with van der Waals surface area (Å²) in [7, 11) is 1.67. The highest BCUT2D eigenvalue weighted by Crippen LogP contribution is 2.14. The zero-order chi connectivity index (χ0) is 14.2. The van der Waals surface area contributed by atoms with Crippen molar-refractivity contribution in [3.05, 3.63) is 59.7 Å². The molecule has 21 heavy (non-hydrogen) atoms. The Labute approximate surface area is 132 Å². The molecule has 0 aromatic heterocycles. The third kappa shape index (κ3) is 5.66. The maximum atomic E-state index is 5.74. The highest BCUT2D eigenvalue weighted by atomic mass is 35.5. The zero-order valence-corrected chi connectivity index (χ0v) is 13.1. The van der Waals surface area contributed by atoms with Crippen molar-refractivity contribution in [1.29, 1.82) is 0 Å². The van der Waals surface area contributed by atoms with E-state index < -0.39 is 0 Å². The first kappa shape index (κ1) is 17.3. The first-order valence-electron chi connectivity index (χ1n) is 6.86. The average molecular weight is 308 g/mol. The first-order valence-corrected chi connectivity index (χ1v) is 6.86. The Balaban J connectivity index is 0.00000220. The lowest BCUT2D eigenvalue weighted by molar-refractivity contribution is 0.322. The van der Waals surface area contributed by atoms with Gasteiger partial charge in [0.05, 0.1) is 13.7 Å². The SMILES string of the molecule is COc1ccc(CCOc2ccc(CCN)cc2)cc1.Cl. The molecule has 0 unspecified atom stereocenters. The molecule has 2 aromatic rings. The van der Waals surface area contributed by atoms with Gasteiger partial charge in [-0.05, 0) is 48.4 Å². The van der Waals surface area contributed by atoms with Crippen LogP contribution in [0, 0.1) is 0 Å². The molecule has 0 aliphatic rings. The number of hydrogen-bond donors (Lipinski definition) is 1. The van der Waals surface area contributed by atoms with Crippen molar-refractivity contribution in [2.75, 3.05) is 20.3 Å². The molecule has 0 aliphatic carbocycles. The van der Waals surface area contributed by atoms with Gasteiger partial charge in [-0.2, -0.15) is 0 Å². The van der Waals surface area contributed by atoms with Gasteiger partial charge in [-0.25, -0.2) is 0 Å². The predicted octanol–water partition coefficient (Wildman–Crippen LogP) is 3.24. The normalized spacial score (nSPS) is 9.81. The van der Waals surface area contributed by atoms with E-state index in [2.05, 4.69) is 24.3 Å². The largest absolute Gasteiger partial charge is 0.497 e. The minimum Gasteiger partial charge on any atom is -0.497 e. The van der Waals surface area contributed by atoms with E-state index in [-0.39, 0.29) is 12.4 Å². The van der Waals surface area contributed by atoms with Crippen LogP contribution >= 0.6 is 12.4 Å². The fourth-order valence-electron chi connectivity index (χ4n) is 2.00. The number of methoxy groups -OCH3 is 1. The second kappa shape index (κ2) is 9.27. The van der Waals surface area contributed by atoms with E-state index in [0.717, 1.165) is 24.3 Å². The van der Waals surface area contributed by atoms with E-state index in [4.69, 9.17) is 15.2 Å². The van der Waals surface area contributed by atoms with Gasteiger partial charge in [0, 0.05) is 6.42 Å². The van der Waals surface area contributed by atoms with Gasteiger partial charge in [0.25, 0.3) is 0 Å². The summed E-state index contributed by atoms with van der Waals surface area (Å²) < 4.78 is 10.9. The first-order chi connectivity index (χ1) is 9.81. The molecule has 0 amide bonds. The Hall–Kier alpha value is -1.71. The van der Waals surface area contributed by atoms with Crippen molar-refractivity contribution >= 4 is 12.4 Å². The maximum absolute atomic E-state index is 5.74. The van der Waals surface area contributed by atoms with Crippen molar-refractivity contribution in [3.63, 3.8) is 0 Å². The van der Waals surface area contributed by atoms with E-state index in [1.54, 1.807) is 7.11 Å². The molecular weight excluding hydrogens is 286 g/mol. The van der Waals surface area contributed by atoms with E-state index in [0.29, 0.717) is 13.2 Å². The van der Waals surface area contributed by atoms with Crippen LogP contribution < -0.4 is 15.2 Å². The van der Waals surface area contributed by atoms with Gasteiger partial charge >= 0.3 is 0 Å². The van der Waals surface area contributed by atoms with E-state index >= 15 is 0 Å². The Kier molecular flexibility index (Phi) is 7.65. The Morgan fingerprint density at radius 2 is 1.33 bits per heavy atom. The number of halogens is 1. The Bertz CT molecular complexity index is 511. The van der Waals surface area contributed by atoms with Crippen LogP contribution in [-0.4, -0.2) is 20.3 Å². The summed E-state index contributed by atoms with van der Waals surface area (Å²) in [6.07, 6.45) is 1.79. The summed E-state index contributed by atoms with van der Waals surface area (Å²) in [6, 6.07) is 16.2. The molecule has 0 saturated carbocycles. The van der Waals surface area contributed by atoms with Crippen molar-refractivity contribution < 1.29 is 9.47 Å². The smallest absolute Gasteiger partial charge is 0.119 e. The quantitative estimate of drug-likeness (QED) is 0.854. The minimum absolute atomic E-state index is 0. The molecule has 0 fully saturated rings. The molecule has 0 aliphatic heterocycles. The molecule has 2 rings (SSSR count). The summed E-state index contributed by atoms with van der Waals surface area (Å²) >= 11 is 0. The number of hydrogen-bond acceptors (Lipinski definition) is 3. The van der Waals surface area contributed by atoms with Crippen LogP contribution in [0.2, 0.25) is 0 Å². The molecular formula is C17H22ClNO2. The molecule has 0 saturated heterocycles. The van der Waals surface area contributed by atoms with E-state index in [9.17, 15) is 0 Å². The lowest BCUT2D eigenvalue weighted by Crippen LogP contribution is -2.03. The van der Waals surface area contributed by atoms with Gasteiger partial charge in [-0.1, -0.05) is 24.3 Å². The van der Waals surface area contributed by atoms with Crippen LogP contribution in [0.1, 0.15) is 11.1 Å². The number of benzene rings is 2. The molecule has 3 nitrogen and oxygen atoms in total. The molecule has 2 aromatic carbocycles. The number of nitrogens with two attached hydrogens (primary N) is 1. The molecule has 0 spiro atoms. The van der Waals surface area contributed by atoms with Gasteiger partial charge in [-0.15, -0.1) is 12.4 Å². The standard InChI is InChI=1S/C17H21NO2.ClH/c1-19-16-6-2-15(3-7-16)11-13-20-17-8-4-14(5-9-17)10-12-18;/h2-9H,10-13,18H2,1H3;1H. The van der Waals surface area contributed by atoms with Crippen LogP contribution in [-0.2, 0) is 12.8 Å². The van der Waals surface area contributed by atoms with Gasteiger partial charge in [-0.3, -0.25) is 0 Å². The van der Waals surface area contributed by atoms with E-state index in [1.165, 1.54) is 11.1 Å². The van der Waals surface area contributed by atoms with Gasteiger partial charge in [0.2, 0.25) is 0 Å². The minimum atomic E-state index is 0. The summed E-state index contributed by atoms with van der Waals surface area (Å²) in [4.78, 5) is 0. The monoisotopic (exact) mass is 307 g/mol. The summed E-state index contributed by atoms with van der Waals surface area (Å²) in [5.41, 5.74) is 8.01. The fraction of sp³-hybridized carbons (Fsp3) is 0.294. The molecule has 2 N–H and O–H groups in total. The van der Waals surface area contributed by atoms with Crippen LogP contribution in [0.15, 0.2) is 48.5 Å². The third-order valence-electron chi connectivity index (χ3n) is 3.17. The highest BCUT2D eigenvalue weighted by molar-refractivity contribution is 5.85. The predicted molar refractivity (Wildman–Crippen MR) is 88.6 cm³/mol. The number of ether oxygens (including phenoxy) is 2. The lowest BCUT2D eigenvalue weighted by atomic mass is 10.1. The number of rotatable bonds is 7. The topological polar surface area (TPSA) is 44.5 Å². The van der Waals surface area contributed by atoms with Crippen LogP contribution in [0.3, 0.4) is 0 Å². The zero-order valence-electron chi connectivity index (χ0n) is 12.2.